The average Bonchev–Trinajstić information content (AvgIpc) is 2.37. The van der Waals surface area contributed by atoms with Crippen LogP contribution in [0, 0.1) is 11.3 Å². The Bertz CT molecular complexity index is 605. The zero-order valence-electron chi connectivity index (χ0n) is 9.52. The number of aromatic hydroxyl groups is 1. The minimum absolute atomic E-state index is 0.241. The van der Waals surface area contributed by atoms with E-state index in [1.807, 2.05) is 18.2 Å². The maximum Gasteiger partial charge on any atom is 0.115 e. The molecule has 90 valence electrons. The summed E-state index contributed by atoms with van der Waals surface area (Å²) in [6.07, 6.45) is 0. The Morgan fingerprint density at radius 2 is 2.06 bits per heavy atom. The first-order chi connectivity index (χ1) is 8.69. The van der Waals surface area contributed by atoms with Gasteiger partial charge in [0.05, 0.1) is 11.3 Å². The van der Waals surface area contributed by atoms with E-state index >= 15 is 0 Å². The minimum Gasteiger partial charge on any atom is -0.508 e. The smallest absolute Gasteiger partial charge is 0.115 e. The molecule has 2 rings (SSSR count). The van der Waals surface area contributed by atoms with Crippen LogP contribution in [0.5, 0.6) is 5.75 Å². The summed E-state index contributed by atoms with van der Waals surface area (Å²) < 4.78 is 0.877. The van der Waals surface area contributed by atoms with Gasteiger partial charge in [-0.1, -0.05) is 28.1 Å². The van der Waals surface area contributed by atoms with E-state index in [0.717, 1.165) is 15.7 Å². The summed E-state index contributed by atoms with van der Waals surface area (Å²) in [5, 5.41) is 21.6. The number of phenols is 1. The molecule has 2 aromatic carbocycles. The summed E-state index contributed by atoms with van der Waals surface area (Å²) in [6.45, 7) is 0.560. The number of phenolic OH excluding ortho intramolecular Hbond substituents is 1. The normalized spacial score (nSPS) is 9.78. The fourth-order valence-electron chi connectivity index (χ4n) is 1.63. The largest absolute Gasteiger partial charge is 0.508 e. The second kappa shape index (κ2) is 5.56. The van der Waals surface area contributed by atoms with E-state index in [4.69, 9.17) is 5.26 Å². The zero-order valence-corrected chi connectivity index (χ0v) is 11.1. The molecule has 0 amide bonds. The number of halogens is 1. The fraction of sp³-hybridized carbons (Fsp3) is 0.0714. The summed E-state index contributed by atoms with van der Waals surface area (Å²) in [5.41, 5.74) is 2.33. The lowest BCUT2D eigenvalue weighted by Gasteiger charge is -2.08. The van der Waals surface area contributed by atoms with E-state index in [0.29, 0.717) is 12.1 Å². The minimum atomic E-state index is 0.241. The summed E-state index contributed by atoms with van der Waals surface area (Å²) in [6, 6.07) is 14.7. The highest BCUT2D eigenvalue weighted by atomic mass is 79.9. The van der Waals surface area contributed by atoms with E-state index in [9.17, 15) is 5.11 Å². The molecule has 0 aliphatic rings. The number of nitrogens with one attached hydrogen (secondary N) is 1. The van der Waals surface area contributed by atoms with Crippen LogP contribution in [-0.2, 0) is 6.54 Å². The molecule has 0 aromatic heterocycles. The number of hydrogen-bond acceptors (Lipinski definition) is 3. The van der Waals surface area contributed by atoms with Gasteiger partial charge in [-0.2, -0.15) is 5.26 Å². The van der Waals surface area contributed by atoms with Crippen LogP contribution in [0.1, 0.15) is 11.1 Å². The Morgan fingerprint density at radius 3 is 2.78 bits per heavy atom. The van der Waals surface area contributed by atoms with E-state index < -0.39 is 0 Å². The first-order valence-corrected chi connectivity index (χ1v) is 6.20. The third-order valence-electron chi connectivity index (χ3n) is 2.50. The Balaban J connectivity index is 2.14. The maximum absolute atomic E-state index is 9.36. The quantitative estimate of drug-likeness (QED) is 0.910. The lowest BCUT2D eigenvalue weighted by molar-refractivity contribution is 0.474. The number of nitrogens with zero attached hydrogens (tertiary/aromatic N) is 1. The van der Waals surface area contributed by atoms with Crippen molar-refractivity contribution in [2.24, 2.45) is 0 Å². The fourth-order valence-corrected chi connectivity index (χ4v) is 1.99. The highest BCUT2D eigenvalue weighted by Crippen LogP contribution is 2.21. The van der Waals surface area contributed by atoms with Gasteiger partial charge in [0.15, 0.2) is 0 Å². The van der Waals surface area contributed by atoms with Crippen LogP contribution in [0.4, 0.5) is 5.69 Å². The van der Waals surface area contributed by atoms with Crippen LogP contribution in [0.25, 0.3) is 0 Å². The number of benzene rings is 2. The molecule has 0 aliphatic carbocycles. The van der Waals surface area contributed by atoms with Crippen molar-refractivity contribution >= 4 is 21.6 Å². The van der Waals surface area contributed by atoms with Crippen LogP contribution in [0.2, 0.25) is 0 Å². The van der Waals surface area contributed by atoms with Gasteiger partial charge < -0.3 is 10.4 Å². The Labute approximate surface area is 114 Å². The van der Waals surface area contributed by atoms with Gasteiger partial charge >= 0.3 is 0 Å². The topological polar surface area (TPSA) is 56.0 Å². The van der Waals surface area contributed by atoms with Gasteiger partial charge in [0.2, 0.25) is 0 Å². The molecule has 0 saturated carbocycles. The van der Waals surface area contributed by atoms with Gasteiger partial charge in [-0.15, -0.1) is 0 Å². The van der Waals surface area contributed by atoms with Crippen molar-refractivity contribution in [2.75, 3.05) is 5.32 Å². The lowest BCUT2D eigenvalue weighted by Crippen LogP contribution is -2.01. The molecule has 0 saturated heterocycles. The summed E-state index contributed by atoms with van der Waals surface area (Å²) in [5.74, 6) is 0.241. The third kappa shape index (κ3) is 3.02. The molecule has 2 N–H and O–H groups in total. The second-order valence-electron chi connectivity index (χ2n) is 3.83. The molecule has 0 heterocycles. The van der Waals surface area contributed by atoms with Crippen LogP contribution in [0.15, 0.2) is 46.9 Å². The maximum atomic E-state index is 9.36. The molecule has 2 aromatic rings. The lowest BCUT2D eigenvalue weighted by atomic mass is 10.1. The van der Waals surface area contributed by atoms with Crippen molar-refractivity contribution in [3.8, 4) is 11.8 Å². The molecule has 0 spiro atoms. The first-order valence-electron chi connectivity index (χ1n) is 5.40. The van der Waals surface area contributed by atoms with E-state index in [-0.39, 0.29) is 5.75 Å². The van der Waals surface area contributed by atoms with Crippen molar-refractivity contribution < 1.29 is 5.11 Å². The molecule has 0 unspecified atom stereocenters. The van der Waals surface area contributed by atoms with Gasteiger partial charge in [0.25, 0.3) is 0 Å². The molecule has 0 aliphatic heterocycles. The molecule has 0 bridgehead atoms. The molecular formula is C14H11BrN2O. The molecule has 3 nitrogen and oxygen atoms in total. The third-order valence-corrected chi connectivity index (χ3v) is 2.99. The van der Waals surface area contributed by atoms with Crippen LogP contribution in [-0.4, -0.2) is 5.11 Å². The summed E-state index contributed by atoms with van der Waals surface area (Å²) in [4.78, 5) is 0. The molecule has 0 fully saturated rings. The number of rotatable bonds is 3. The highest BCUT2D eigenvalue weighted by Gasteiger charge is 2.02. The number of nitriles is 1. The van der Waals surface area contributed by atoms with Crippen LogP contribution >= 0.6 is 15.9 Å². The summed E-state index contributed by atoms with van der Waals surface area (Å²) in [7, 11) is 0. The predicted molar refractivity (Wildman–Crippen MR) is 74.3 cm³/mol. The summed E-state index contributed by atoms with van der Waals surface area (Å²) >= 11 is 3.33. The van der Waals surface area contributed by atoms with Gasteiger partial charge in [0, 0.05) is 11.0 Å². The van der Waals surface area contributed by atoms with Crippen molar-refractivity contribution in [3.05, 3.63) is 58.1 Å². The van der Waals surface area contributed by atoms with Crippen molar-refractivity contribution in [1.29, 1.82) is 5.26 Å². The number of hydrogen-bond donors (Lipinski definition) is 2. The van der Waals surface area contributed by atoms with Gasteiger partial charge in [-0.25, -0.2) is 0 Å². The van der Waals surface area contributed by atoms with Gasteiger partial charge in [-0.05, 0) is 35.9 Å². The molecule has 0 atom stereocenters. The van der Waals surface area contributed by atoms with Crippen molar-refractivity contribution in [1.82, 2.24) is 0 Å². The highest BCUT2D eigenvalue weighted by molar-refractivity contribution is 9.10. The Morgan fingerprint density at radius 1 is 1.22 bits per heavy atom. The Hall–Kier alpha value is -1.99. The van der Waals surface area contributed by atoms with Gasteiger partial charge in [-0.3, -0.25) is 0 Å². The second-order valence-corrected chi connectivity index (χ2v) is 4.74. The van der Waals surface area contributed by atoms with Crippen LogP contribution < -0.4 is 5.32 Å². The van der Waals surface area contributed by atoms with E-state index in [1.165, 1.54) is 0 Å². The predicted octanol–water partition coefficient (Wildman–Crippen LogP) is 3.64. The SMILES string of the molecule is N#Cc1cc(Br)ccc1NCc1cccc(O)c1. The van der Waals surface area contributed by atoms with Crippen molar-refractivity contribution in [2.45, 2.75) is 6.54 Å². The molecular weight excluding hydrogens is 292 g/mol. The average molecular weight is 303 g/mol. The number of anilines is 1. The van der Waals surface area contributed by atoms with Gasteiger partial charge in [0.1, 0.15) is 11.8 Å². The van der Waals surface area contributed by atoms with E-state index in [1.54, 1.807) is 24.3 Å². The zero-order chi connectivity index (χ0) is 13.0. The molecule has 18 heavy (non-hydrogen) atoms. The Kier molecular flexibility index (Phi) is 3.85. The molecule has 0 radical (unpaired) electrons. The van der Waals surface area contributed by atoms with Crippen molar-refractivity contribution in [3.63, 3.8) is 0 Å². The monoisotopic (exact) mass is 302 g/mol. The molecule has 4 heteroatoms. The van der Waals surface area contributed by atoms with Crippen LogP contribution in [0.3, 0.4) is 0 Å². The van der Waals surface area contributed by atoms with E-state index in [2.05, 4.69) is 27.3 Å². The first kappa shape index (κ1) is 12.5. The standard InChI is InChI=1S/C14H11BrN2O/c15-12-4-5-14(11(7-12)8-16)17-9-10-2-1-3-13(18)6-10/h1-7,17-18H,9H2.